The molecule has 7 nitrogen and oxygen atoms in total. The van der Waals surface area contributed by atoms with Crippen molar-refractivity contribution < 1.29 is 19.4 Å². The summed E-state index contributed by atoms with van der Waals surface area (Å²) in [7, 11) is 0. The van der Waals surface area contributed by atoms with Crippen LogP contribution in [0, 0.1) is 0 Å². The molecule has 1 aliphatic rings. The Bertz CT molecular complexity index is 1570. The van der Waals surface area contributed by atoms with E-state index in [0.29, 0.717) is 44.6 Å². The molecule has 1 N–H and O–H groups in total. The summed E-state index contributed by atoms with van der Waals surface area (Å²) in [5.74, 6) is -0.0530. The Kier molecular flexibility index (Phi) is 9.39. The number of aliphatic hydroxyl groups is 1. The Labute approximate surface area is 254 Å². The van der Waals surface area contributed by atoms with E-state index in [1.165, 1.54) is 28.0 Å². The molecule has 2 heterocycles. The van der Waals surface area contributed by atoms with E-state index in [0.717, 1.165) is 24.0 Å². The molecule has 4 aromatic rings. The Balaban J connectivity index is 1.50. The zero-order chi connectivity index (χ0) is 29.6. The summed E-state index contributed by atoms with van der Waals surface area (Å²) in [6.45, 7) is 6.91. The number of anilines is 1. The molecule has 1 amide bonds. The maximum absolute atomic E-state index is 13.5. The van der Waals surface area contributed by atoms with Crippen LogP contribution in [0.2, 0.25) is 0 Å². The van der Waals surface area contributed by atoms with Gasteiger partial charge >= 0.3 is 5.91 Å². The van der Waals surface area contributed by atoms with Gasteiger partial charge in [-0.15, -0.1) is 10.2 Å². The van der Waals surface area contributed by atoms with E-state index >= 15 is 0 Å². The second-order valence-corrected chi connectivity index (χ2v) is 12.5. The number of hydrogen-bond donors (Lipinski definition) is 1. The smallest absolute Gasteiger partial charge is 0.301 e. The lowest BCUT2D eigenvalue weighted by Crippen LogP contribution is -2.29. The van der Waals surface area contributed by atoms with E-state index in [2.05, 4.69) is 31.0 Å². The van der Waals surface area contributed by atoms with E-state index in [9.17, 15) is 14.7 Å². The molecule has 5 rings (SSSR count). The Morgan fingerprint density at radius 2 is 1.71 bits per heavy atom. The van der Waals surface area contributed by atoms with Gasteiger partial charge in [0.25, 0.3) is 5.78 Å². The van der Waals surface area contributed by atoms with Gasteiger partial charge in [0.15, 0.2) is 4.34 Å². The highest BCUT2D eigenvalue weighted by Crippen LogP contribution is 2.44. The molecule has 1 saturated heterocycles. The van der Waals surface area contributed by atoms with E-state index in [-0.39, 0.29) is 11.3 Å². The molecule has 1 atom stereocenters. The van der Waals surface area contributed by atoms with Gasteiger partial charge in [0.05, 0.1) is 18.2 Å². The van der Waals surface area contributed by atoms with Gasteiger partial charge in [-0.1, -0.05) is 105 Å². The van der Waals surface area contributed by atoms with Crippen LogP contribution in [-0.4, -0.2) is 33.6 Å². The normalized spacial score (nSPS) is 16.4. The van der Waals surface area contributed by atoms with Gasteiger partial charge < -0.3 is 9.84 Å². The molecule has 1 aromatic heterocycles. The Hall–Kier alpha value is -3.95. The summed E-state index contributed by atoms with van der Waals surface area (Å²) in [4.78, 5) is 28.4. The summed E-state index contributed by atoms with van der Waals surface area (Å²) in [5, 5.41) is 20.4. The van der Waals surface area contributed by atoms with Gasteiger partial charge in [-0.3, -0.25) is 14.5 Å². The van der Waals surface area contributed by atoms with Crippen molar-refractivity contribution in [1.29, 1.82) is 0 Å². The number of hydrogen-bond acceptors (Lipinski definition) is 8. The SMILES string of the molecule is CCCCOc1ccc(/C(O)=C2/C(=O)C(=O)N(c3nnc(SCc4ccccc4)s3)C2c2ccc(C(C)C)cc2)cc1. The van der Waals surface area contributed by atoms with Crippen molar-refractivity contribution in [2.24, 2.45) is 0 Å². The van der Waals surface area contributed by atoms with E-state index < -0.39 is 17.7 Å². The van der Waals surface area contributed by atoms with Crippen molar-refractivity contribution in [2.75, 3.05) is 11.5 Å². The minimum atomic E-state index is -0.855. The van der Waals surface area contributed by atoms with Gasteiger partial charge in [-0.2, -0.15) is 0 Å². The summed E-state index contributed by atoms with van der Waals surface area (Å²) < 4.78 is 6.43. The third-order valence-corrected chi connectivity index (χ3v) is 9.19. The second kappa shape index (κ2) is 13.4. The van der Waals surface area contributed by atoms with Crippen molar-refractivity contribution in [3.63, 3.8) is 0 Å². The quantitative estimate of drug-likeness (QED) is 0.0470. The molecule has 0 saturated carbocycles. The minimum absolute atomic E-state index is 0.0191. The first-order valence-corrected chi connectivity index (χ1v) is 15.8. The van der Waals surface area contributed by atoms with E-state index in [4.69, 9.17) is 4.74 Å². The highest BCUT2D eigenvalue weighted by atomic mass is 32.2. The van der Waals surface area contributed by atoms with Crippen molar-refractivity contribution in [3.05, 3.63) is 107 Å². The second-order valence-electron chi connectivity index (χ2n) is 10.3. The Morgan fingerprint density at radius 3 is 2.38 bits per heavy atom. The summed E-state index contributed by atoms with van der Waals surface area (Å²) in [6, 6.07) is 23.9. The first kappa shape index (κ1) is 29.5. The van der Waals surface area contributed by atoms with Gasteiger partial charge in [-0.25, -0.2) is 0 Å². The third-order valence-electron chi connectivity index (χ3n) is 7.06. The number of nitrogens with zero attached hydrogens (tertiary/aromatic N) is 3. The number of ketones is 1. The van der Waals surface area contributed by atoms with Crippen LogP contribution in [0.15, 0.2) is 88.8 Å². The number of rotatable bonds is 11. The number of thioether (sulfide) groups is 1. The number of Topliss-reactive ketones (excluding diaryl/α,β-unsaturated/α-hetero) is 1. The van der Waals surface area contributed by atoms with Crippen LogP contribution in [0.5, 0.6) is 5.75 Å². The highest BCUT2D eigenvalue weighted by molar-refractivity contribution is 8.00. The number of aromatic nitrogens is 2. The molecular weight excluding hydrogens is 567 g/mol. The van der Waals surface area contributed by atoms with Crippen molar-refractivity contribution in [3.8, 4) is 5.75 Å². The lowest BCUT2D eigenvalue weighted by atomic mass is 9.93. The predicted molar refractivity (Wildman–Crippen MR) is 168 cm³/mol. The van der Waals surface area contributed by atoms with Crippen LogP contribution >= 0.6 is 23.1 Å². The van der Waals surface area contributed by atoms with Crippen LogP contribution in [0.3, 0.4) is 0 Å². The number of ether oxygens (including phenoxy) is 1. The lowest BCUT2D eigenvalue weighted by molar-refractivity contribution is -0.132. The molecule has 0 aliphatic carbocycles. The van der Waals surface area contributed by atoms with Crippen LogP contribution in [-0.2, 0) is 15.3 Å². The number of benzene rings is 3. The van der Waals surface area contributed by atoms with Gasteiger partial charge in [0.2, 0.25) is 5.13 Å². The number of carbonyl (C=O) groups excluding carboxylic acids is 2. The fourth-order valence-corrected chi connectivity index (χ4v) is 6.51. The molecule has 0 spiro atoms. The number of aliphatic hydroxyl groups excluding tert-OH is 1. The standard InChI is InChI=1S/C33H33N3O4S2/c1-4-5-19-40-26-17-15-25(16-18-26)29(37)27-28(24-13-11-23(12-14-24)21(2)3)36(31(39)30(27)38)32-34-35-33(42-32)41-20-22-9-7-6-8-10-22/h6-18,21,28,37H,4-5,19-20H2,1-3H3/b29-27-. The third kappa shape index (κ3) is 6.42. The summed E-state index contributed by atoms with van der Waals surface area (Å²) in [6.07, 6.45) is 1.97. The molecule has 0 radical (unpaired) electrons. The topological polar surface area (TPSA) is 92.6 Å². The van der Waals surface area contributed by atoms with Crippen LogP contribution in [0.4, 0.5) is 5.13 Å². The molecule has 1 unspecified atom stereocenters. The van der Waals surface area contributed by atoms with Gasteiger partial charge in [0, 0.05) is 11.3 Å². The largest absolute Gasteiger partial charge is 0.507 e. The predicted octanol–water partition coefficient (Wildman–Crippen LogP) is 7.76. The first-order valence-electron chi connectivity index (χ1n) is 14.0. The summed E-state index contributed by atoms with van der Waals surface area (Å²) >= 11 is 2.77. The van der Waals surface area contributed by atoms with E-state index in [1.807, 2.05) is 54.6 Å². The molecule has 3 aromatic carbocycles. The van der Waals surface area contributed by atoms with Gasteiger partial charge in [-0.05, 0) is 53.3 Å². The minimum Gasteiger partial charge on any atom is -0.507 e. The number of amides is 1. The molecule has 216 valence electrons. The average Bonchev–Trinajstić information content (AvgIpc) is 3.58. The average molecular weight is 600 g/mol. The zero-order valence-corrected chi connectivity index (χ0v) is 25.5. The zero-order valence-electron chi connectivity index (χ0n) is 23.8. The van der Waals surface area contributed by atoms with Crippen molar-refractivity contribution in [1.82, 2.24) is 10.2 Å². The Morgan fingerprint density at radius 1 is 1.00 bits per heavy atom. The van der Waals surface area contributed by atoms with Crippen LogP contribution < -0.4 is 9.64 Å². The number of unbranched alkanes of at least 4 members (excludes halogenated alkanes) is 1. The van der Waals surface area contributed by atoms with Gasteiger partial charge in [0.1, 0.15) is 11.5 Å². The molecule has 42 heavy (non-hydrogen) atoms. The van der Waals surface area contributed by atoms with E-state index in [1.54, 1.807) is 24.3 Å². The molecule has 9 heteroatoms. The lowest BCUT2D eigenvalue weighted by Gasteiger charge is -2.23. The maximum atomic E-state index is 13.5. The summed E-state index contributed by atoms with van der Waals surface area (Å²) in [5.41, 5.74) is 3.42. The van der Waals surface area contributed by atoms with Crippen molar-refractivity contribution in [2.45, 2.75) is 55.7 Å². The molecular formula is C33H33N3O4S2. The maximum Gasteiger partial charge on any atom is 0.301 e. The fraction of sp³-hybridized carbons (Fsp3) is 0.273. The van der Waals surface area contributed by atoms with Crippen LogP contribution in [0.25, 0.3) is 5.76 Å². The fourth-order valence-electron chi connectivity index (χ4n) is 4.68. The molecule has 0 bridgehead atoms. The molecule has 1 aliphatic heterocycles. The monoisotopic (exact) mass is 599 g/mol. The first-order chi connectivity index (χ1) is 20.4. The molecule has 1 fully saturated rings. The number of carbonyl (C=O) groups is 2. The van der Waals surface area contributed by atoms with Crippen molar-refractivity contribution >= 4 is 45.7 Å². The highest BCUT2D eigenvalue weighted by Gasteiger charge is 2.48. The van der Waals surface area contributed by atoms with Crippen LogP contribution in [0.1, 0.15) is 67.8 Å².